The summed E-state index contributed by atoms with van der Waals surface area (Å²) in [5, 5.41) is 3.71. The third-order valence-corrected chi connectivity index (χ3v) is 3.75. The third-order valence-electron chi connectivity index (χ3n) is 3.51. The smallest absolute Gasteiger partial charge is 0.279 e. The molecule has 2 aromatic carbocycles. The van der Waals surface area contributed by atoms with Crippen molar-refractivity contribution in [3.8, 4) is 0 Å². The Balaban J connectivity index is 1.91. The molecule has 0 saturated carbocycles. The number of carbonyl (C=O) groups excluding carboxylic acids is 1. The average Bonchev–Trinajstić information content (AvgIpc) is 2.41. The van der Waals surface area contributed by atoms with Gasteiger partial charge in [-0.25, -0.2) is 0 Å². The molecular formula is C18H22ClN2O+. The molecular weight excluding hydrogens is 296 g/mol. The van der Waals surface area contributed by atoms with Gasteiger partial charge in [0.1, 0.15) is 6.54 Å². The van der Waals surface area contributed by atoms with E-state index >= 15 is 0 Å². The number of rotatable bonds is 5. The zero-order valence-electron chi connectivity index (χ0n) is 13.2. The Hall–Kier alpha value is -1.84. The fourth-order valence-electron chi connectivity index (χ4n) is 2.48. The molecule has 0 aliphatic heterocycles. The van der Waals surface area contributed by atoms with E-state index in [1.807, 2.05) is 57.3 Å². The van der Waals surface area contributed by atoms with E-state index in [0.717, 1.165) is 33.3 Å². The van der Waals surface area contributed by atoms with Crippen LogP contribution in [0, 0.1) is 13.8 Å². The quantitative estimate of drug-likeness (QED) is 0.873. The Morgan fingerprint density at radius 1 is 1.18 bits per heavy atom. The summed E-state index contributed by atoms with van der Waals surface area (Å²) in [5.74, 6) is 0.0199. The lowest BCUT2D eigenvalue weighted by Gasteiger charge is -2.15. The van der Waals surface area contributed by atoms with Crippen LogP contribution < -0.4 is 10.2 Å². The Morgan fingerprint density at radius 3 is 2.64 bits per heavy atom. The van der Waals surface area contributed by atoms with Crippen LogP contribution in [-0.2, 0) is 11.3 Å². The molecule has 0 aliphatic rings. The SMILES string of the molecule is Cc1ccc(NC(=O)C[NH+](C)Cc2cccc(Cl)c2)c(C)c1. The molecule has 0 bridgehead atoms. The van der Waals surface area contributed by atoms with Gasteiger partial charge in [0.25, 0.3) is 5.91 Å². The Kier molecular flexibility index (Phi) is 5.58. The summed E-state index contributed by atoms with van der Waals surface area (Å²) in [7, 11) is 2.00. The molecule has 2 rings (SSSR count). The van der Waals surface area contributed by atoms with E-state index in [4.69, 9.17) is 11.6 Å². The molecule has 1 amide bonds. The number of quaternary nitrogens is 1. The molecule has 0 spiro atoms. The summed E-state index contributed by atoms with van der Waals surface area (Å²) < 4.78 is 0. The van der Waals surface area contributed by atoms with Crippen LogP contribution in [0.15, 0.2) is 42.5 Å². The van der Waals surface area contributed by atoms with Crippen molar-refractivity contribution in [2.24, 2.45) is 0 Å². The number of amides is 1. The molecule has 116 valence electrons. The minimum absolute atomic E-state index is 0.0199. The Morgan fingerprint density at radius 2 is 1.95 bits per heavy atom. The van der Waals surface area contributed by atoms with E-state index in [2.05, 4.69) is 11.4 Å². The number of benzene rings is 2. The van der Waals surface area contributed by atoms with E-state index in [1.165, 1.54) is 5.56 Å². The second-order valence-electron chi connectivity index (χ2n) is 5.81. The first kappa shape index (κ1) is 16.5. The predicted octanol–water partition coefficient (Wildman–Crippen LogP) is 2.61. The topological polar surface area (TPSA) is 33.5 Å². The third kappa shape index (κ3) is 4.86. The molecule has 4 heteroatoms. The lowest BCUT2D eigenvalue weighted by atomic mass is 10.1. The van der Waals surface area contributed by atoms with Crippen molar-refractivity contribution in [1.29, 1.82) is 0 Å². The van der Waals surface area contributed by atoms with Crippen molar-refractivity contribution in [3.63, 3.8) is 0 Å². The number of hydrogen-bond donors (Lipinski definition) is 2. The van der Waals surface area contributed by atoms with Gasteiger partial charge in [-0.05, 0) is 37.6 Å². The first-order chi connectivity index (χ1) is 10.4. The van der Waals surface area contributed by atoms with Gasteiger partial charge in [0.05, 0.1) is 7.05 Å². The number of anilines is 1. The summed E-state index contributed by atoms with van der Waals surface area (Å²) in [6.45, 7) is 5.23. The summed E-state index contributed by atoms with van der Waals surface area (Å²) in [5.41, 5.74) is 4.29. The zero-order valence-corrected chi connectivity index (χ0v) is 14.0. The van der Waals surface area contributed by atoms with Crippen LogP contribution in [0.1, 0.15) is 16.7 Å². The molecule has 0 fully saturated rings. The van der Waals surface area contributed by atoms with Gasteiger partial charge < -0.3 is 10.2 Å². The van der Waals surface area contributed by atoms with Crippen LogP contribution in [0.3, 0.4) is 0 Å². The van der Waals surface area contributed by atoms with Crippen LogP contribution in [-0.4, -0.2) is 19.5 Å². The first-order valence-electron chi connectivity index (χ1n) is 7.37. The molecule has 2 aromatic rings. The van der Waals surface area contributed by atoms with Gasteiger partial charge in [0.15, 0.2) is 6.54 Å². The van der Waals surface area contributed by atoms with Gasteiger partial charge in [-0.3, -0.25) is 4.79 Å². The first-order valence-corrected chi connectivity index (χ1v) is 7.74. The Labute approximate surface area is 136 Å². The van der Waals surface area contributed by atoms with Crippen LogP contribution in [0.2, 0.25) is 5.02 Å². The van der Waals surface area contributed by atoms with Crippen LogP contribution in [0.5, 0.6) is 0 Å². The lowest BCUT2D eigenvalue weighted by Crippen LogP contribution is -3.08. The maximum absolute atomic E-state index is 12.2. The van der Waals surface area contributed by atoms with Crippen LogP contribution in [0.25, 0.3) is 0 Å². The van der Waals surface area contributed by atoms with Crippen molar-refractivity contribution < 1.29 is 9.69 Å². The number of carbonyl (C=O) groups is 1. The molecule has 0 saturated heterocycles. The van der Waals surface area contributed by atoms with Crippen molar-refractivity contribution in [1.82, 2.24) is 0 Å². The maximum Gasteiger partial charge on any atom is 0.279 e. The van der Waals surface area contributed by atoms with Gasteiger partial charge in [-0.2, -0.15) is 0 Å². The normalized spacial score (nSPS) is 12.0. The van der Waals surface area contributed by atoms with Crippen molar-refractivity contribution >= 4 is 23.2 Å². The van der Waals surface area contributed by atoms with E-state index in [-0.39, 0.29) is 5.91 Å². The van der Waals surface area contributed by atoms with Gasteiger partial charge >= 0.3 is 0 Å². The highest BCUT2D eigenvalue weighted by atomic mass is 35.5. The highest BCUT2D eigenvalue weighted by molar-refractivity contribution is 6.30. The molecule has 0 aromatic heterocycles. The fraction of sp³-hybridized carbons (Fsp3) is 0.278. The number of likely N-dealkylation sites (N-methyl/N-ethyl adjacent to an activating group) is 1. The number of aryl methyl sites for hydroxylation is 2. The fourth-order valence-corrected chi connectivity index (χ4v) is 2.69. The van der Waals surface area contributed by atoms with Gasteiger partial charge in [0, 0.05) is 16.3 Å². The van der Waals surface area contributed by atoms with Crippen molar-refractivity contribution in [3.05, 3.63) is 64.2 Å². The minimum atomic E-state index is 0.0199. The molecule has 0 heterocycles. The van der Waals surface area contributed by atoms with E-state index in [9.17, 15) is 4.79 Å². The second-order valence-corrected chi connectivity index (χ2v) is 6.24. The number of hydrogen-bond acceptors (Lipinski definition) is 1. The second kappa shape index (κ2) is 7.43. The molecule has 22 heavy (non-hydrogen) atoms. The van der Waals surface area contributed by atoms with E-state index in [1.54, 1.807) is 0 Å². The Bertz CT molecular complexity index is 670. The summed E-state index contributed by atoms with van der Waals surface area (Å²) in [6.07, 6.45) is 0. The van der Waals surface area contributed by atoms with Crippen molar-refractivity contribution in [2.45, 2.75) is 20.4 Å². The highest BCUT2D eigenvalue weighted by Crippen LogP contribution is 2.15. The predicted molar refractivity (Wildman–Crippen MR) is 91.5 cm³/mol. The monoisotopic (exact) mass is 317 g/mol. The summed E-state index contributed by atoms with van der Waals surface area (Å²) >= 11 is 5.98. The van der Waals surface area contributed by atoms with Gasteiger partial charge in [-0.15, -0.1) is 0 Å². The van der Waals surface area contributed by atoms with Crippen molar-refractivity contribution in [2.75, 3.05) is 18.9 Å². The minimum Gasteiger partial charge on any atom is -0.326 e. The standard InChI is InChI=1S/C18H21ClN2O/c1-13-7-8-17(14(2)9-13)20-18(22)12-21(3)11-15-5-4-6-16(19)10-15/h4-10H,11-12H2,1-3H3,(H,20,22)/p+1. The van der Waals surface area contributed by atoms with Crippen LogP contribution >= 0.6 is 11.6 Å². The van der Waals surface area contributed by atoms with Gasteiger partial charge in [-0.1, -0.05) is 41.4 Å². The zero-order chi connectivity index (χ0) is 16.1. The average molecular weight is 318 g/mol. The van der Waals surface area contributed by atoms with E-state index in [0.29, 0.717) is 6.54 Å². The highest BCUT2D eigenvalue weighted by Gasteiger charge is 2.12. The lowest BCUT2D eigenvalue weighted by molar-refractivity contribution is -0.885. The molecule has 1 unspecified atom stereocenters. The maximum atomic E-state index is 12.2. The van der Waals surface area contributed by atoms with Gasteiger partial charge in [0.2, 0.25) is 0 Å². The molecule has 1 atom stereocenters. The molecule has 3 nitrogen and oxygen atoms in total. The molecule has 0 aliphatic carbocycles. The summed E-state index contributed by atoms with van der Waals surface area (Å²) in [6, 6.07) is 13.8. The van der Waals surface area contributed by atoms with Crippen LogP contribution in [0.4, 0.5) is 5.69 Å². The largest absolute Gasteiger partial charge is 0.326 e. The number of nitrogens with one attached hydrogen (secondary N) is 2. The number of halogens is 1. The molecule has 2 N–H and O–H groups in total. The van der Waals surface area contributed by atoms with E-state index < -0.39 is 0 Å². The summed E-state index contributed by atoms with van der Waals surface area (Å²) in [4.78, 5) is 13.3. The molecule has 0 radical (unpaired) electrons.